The largest absolute Gasteiger partial charge is 0.383 e. The Morgan fingerprint density at radius 1 is 1.33 bits per heavy atom. The van der Waals surface area contributed by atoms with Gasteiger partial charge >= 0.3 is 0 Å². The average molecular weight is 317 g/mol. The molecule has 0 fully saturated rings. The lowest BCUT2D eigenvalue weighted by molar-refractivity contribution is 0.0803. The van der Waals surface area contributed by atoms with Crippen LogP contribution in [0.25, 0.3) is 0 Å². The summed E-state index contributed by atoms with van der Waals surface area (Å²) in [5.74, 6) is -0.300. The van der Waals surface area contributed by atoms with Gasteiger partial charge < -0.3 is 10.5 Å². The SMILES string of the molecule is CCC(CC)N(CCOC)C(CN)c1ccc(Cl)cc1F. The molecule has 0 radical (unpaired) electrons. The molecule has 0 bridgehead atoms. The molecule has 0 saturated heterocycles. The van der Waals surface area contributed by atoms with E-state index in [-0.39, 0.29) is 11.9 Å². The van der Waals surface area contributed by atoms with Gasteiger partial charge in [0.2, 0.25) is 0 Å². The van der Waals surface area contributed by atoms with E-state index in [0.29, 0.717) is 29.8 Å². The van der Waals surface area contributed by atoms with Gasteiger partial charge in [-0.2, -0.15) is 0 Å². The van der Waals surface area contributed by atoms with E-state index in [0.717, 1.165) is 19.4 Å². The Morgan fingerprint density at radius 2 is 2.00 bits per heavy atom. The second-order valence-electron chi connectivity index (χ2n) is 5.12. The monoisotopic (exact) mass is 316 g/mol. The third-order valence-electron chi connectivity index (χ3n) is 3.91. The van der Waals surface area contributed by atoms with E-state index in [1.165, 1.54) is 6.07 Å². The first-order chi connectivity index (χ1) is 10.1. The van der Waals surface area contributed by atoms with Gasteiger partial charge in [0.1, 0.15) is 5.82 Å². The molecule has 1 atom stereocenters. The first-order valence-electron chi connectivity index (χ1n) is 7.48. The second-order valence-corrected chi connectivity index (χ2v) is 5.55. The number of hydrogen-bond donors (Lipinski definition) is 1. The van der Waals surface area contributed by atoms with Gasteiger partial charge in [0.25, 0.3) is 0 Å². The van der Waals surface area contributed by atoms with Gasteiger partial charge in [0, 0.05) is 36.8 Å². The Bertz CT molecular complexity index is 427. The minimum absolute atomic E-state index is 0.165. The Kier molecular flexibility index (Phi) is 8.19. The summed E-state index contributed by atoms with van der Waals surface area (Å²) in [6.07, 6.45) is 1.98. The maximum absolute atomic E-state index is 14.2. The van der Waals surface area contributed by atoms with Gasteiger partial charge in [-0.15, -0.1) is 0 Å². The summed E-state index contributed by atoms with van der Waals surface area (Å²) < 4.78 is 19.4. The van der Waals surface area contributed by atoms with Crippen LogP contribution in [-0.4, -0.2) is 37.7 Å². The van der Waals surface area contributed by atoms with Crippen molar-refractivity contribution < 1.29 is 9.13 Å². The van der Waals surface area contributed by atoms with Gasteiger partial charge in [0.05, 0.1) is 12.6 Å². The minimum atomic E-state index is -0.300. The number of nitrogens with zero attached hydrogens (tertiary/aromatic N) is 1. The third kappa shape index (κ3) is 4.92. The molecule has 1 unspecified atom stereocenters. The molecule has 1 aromatic rings. The fourth-order valence-corrected chi connectivity index (χ4v) is 2.92. The molecule has 0 aliphatic heterocycles. The van der Waals surface area contributed by atoms with Crippen molar-refractivity contribution >= 4 is 11.6 Å². The third-order valence-corrected chi connectivity index (χ3v) is 4.15. The molecule has 5 heteroatoms. The summed E-state index contributed by atoms with van der Waals surface area (Å²) in [4.78, 5) is 2.25. The molecule has 0 amide bonds. The fraction of sp³-hybridized carbons (Fsp3) is 0.625. The molecular formula is C16H26ClFN2O. The van der Waals surface area contributed by atoms with Crippen LogP contribution in [0.3, 0.4) is 0 Å². The highest BCUT2D eigenvalue weighted by atomic mass is 35.5. The minimum Gasteiger partial charge on any atom is -0.383 e. The number of halogens is 2. The standard InChI is InChI=1S/C16H26ClFN2O/c1-4-13(5-2)20(8-9-21-3)16(11-19)14-7-6-12(17)10-15(14)18/h6-7,10,13,16H,4-5,8-9,11,19H2,1-3H3. The highest BCUT2D eigenvalue weighted by molar-refractivity contribution is 6.30. The van der Waals surface area contributed by atoms with Crippen LogP contribution in [0, 0.1) is 5.82 Å². The smallest absolute Gasteiger partial charge is 0.129 e. The zero-order chi connectivity index (χ0) is 15.8. The molecule has 0 aromatic heterocycles. The maximum atomic E-state index is 14.2. The van der Waals surface area contributed by atoms with Crippen LogP contribution in [0.5, 0.6) is 0 Å². The Morgan fingerprint density at radius 3 is 2.48 bits per heavy atom. The summed E-state index contributed by atoms with van der Waals surface area (Å²) in [5, 5.41) is 0.401. The van der Waals surface area contributed by atoms with E-state index < -0.39 is 0 Å². The highest BCUT2D eigenvalue weighted by Gasteiger charge is 2.26. The topological polar surface area (TPSA) is 38.5 Å². The van der Waals surface area contributed by atoms with Crippen molar-refractivity contribution in [2.24, 2.45) is 5.73 Å². The molecule has 21 heavy (non-hydrogen) atoms. The van der Waals surface area contributed by atoms with Crippen LogP contribution in [0.15, 0.2) is 18.2 Å². The van der Waals surface area contributed by atoms with E-state index in [4.69, 9.17) is 22.1 Å². The molecule has 0 heterocycles. The lowest BCUT2D eigenvalue weighted by Gasteiger charge is -2.37. The van der Waals surface area contributed by atoms with E-state index in [2.05, 4.69) is 18.7 Å². The van der Waals surface area contributed by atoms with Gasteiger partial charge in [-0.05, 0) is 25.0 Å². The van der Waals surface area contributed by atoms with Gasteiger partial charge in [-0.25, -0.2) is 4.39 Å². The van der Waals surface area contributed by atoms with Crippen LogP contribution in [0.1, 0.15) is 38.3 Å². The van der Waals surface area contributed by atoms with Crippen LogP contribution >= 0.6 is 11.6 Å². The van der Waals surface area contributed by atoms with Crippen LogP contribution in [0.4, 0.5) is 4.39 Å². The van der Waals surface area contributed by atoms with Gasteiger partial charge in [-0.3, -0.25) is 4.90 Å². The van der Waals surface area contributed by atoms with E-state index in [9.17, 15) is 4.39 Å². The van der Waals surface area contributed by atoms with Crippen molar-refractivity contribution in [3.63, 3.8) is 0 Å². The van der Waals surface area contributed by atoms with Gasteiger partial charge in [0.15, 0.2) is 0 Å². The van der Waals surface area contributed by atoms with Crippen LogP contribution in [0.2, 0.25) is 5.02 Å². The second kappa shape index (κ2) is 9.36. The quantitative estimate of drug-likeness (QED) is 0.756. The number of ether oxygens (including phenoxy) is 1. The van der Waals surface area contributed by atoms with Crippen LogP contribution < -0.4 is 5.73 Å². The number of hydrogen-bond acceptors (Lipinski definition) is 3. The number of benzene rings is 1. The molecule has 3 nitrogen and oxygen atoms in total. The molecule has 120 valence electrons. The van der Waals surface area contributed by atoms with Crippen molar-refractivity contribution in [2.75, 3.05) is 26.8 Å². The average Bonchev–Trinajstić information content (AvgIpc) is 2.47. The normalized spacial score (nSPS) is 13.1. The summed E-state index contributed by atoms with van der Waals surface area (Å²) in [5.41, 5.74) is 6.55. The summed E-state index contributed by atoms with van der Waals surface area (Å²) in [6, 6.07) is 4.98. The summed E-state index contributed by atoms with van der Waals surface area (Å²) in [7, 11) is 1.67. The Balaban J connectivity index is 3.09. The molecule has 0 aliphatic rings. The predicted octanol–water partition coefficient (Wildman–Crippen LogP) is 3.62. The molecule has 0 saturated carbocycles. The highest BCUT2D eigenvalue weighted by Crippen LogP contribution is 2.28. The molecule has 1 rings (SSSR count). The Hall–Kier alpha value is -0.680. The van der Waals surface area contributed by atoms with Crippen molar-refractivity contribution in [1.82, 2.24) is 4.90 Å². The number of nitrogens with two attached hydrogens (primary N) is 1. The zero-order valence-corrected chi connectivity index (χ0v) is 13.9. The number of methoxy groups -OCH3 is 1. The predicted molar refractivity (Wildman–Crippen MR) is 86.2 cm³/mol. The Labute approximate surface area is 132 Å². The van der Waals surface area contributed by atoms with E-state index in [1.807, 2.05) is 0 Å². The zero-order valence-electron chi connectivity index (χ0n) is 13.1. The van der Waals surface area contributed by atoms with Gasteiger partial charge in [-0.1, -0.05) is 31.5 Å². The van der Waals surface area contributed by atoms with Crippen molar-refractivity contribution in [2.45, 2.75) is 38.8 Å². The van der Waals surface area contributed by atoms with E-state index >= 15 is 0 Å². The fourth-order valence-electron chi connectivity index (χ4n) is 2.76. The van der Waals surface area contributed by atoms with E-state index in [1.54, 1.807) is 19.2 Å². The molecule has 1 aromatic carbocycles. The lowest BCUT2D eigenvalue weighted by atomic mass is 10.0. The number of rotatable bonds is 9. The first kappa shape index (κ1) is 18.4. The van der Waals surface area contributed by atoms with Crippen molar-refractivity contribution in [1.29, 1.82) is 0 Å². The summed E-state index contributed by atoms with van der Waals surface area (Å²) >= 11 is 5.84. The molecule has 0 aliphatic carbocycles. The molecule has 0 spiro atoms. The molecular weight excluding hydrogens is 291 g/mol. The molecule has 2 N–H and O–H groups in total. The van der Waals surface area contributed by atoms with Crippen LogP contribution in [-0.2, 0) is 4.74 Å². The van der Waals surface area contributed by atoms with Crippen molar-refractivity contribution in [3.8, 4) is 0 Å². The lowest BCUT2D eigenvalue weighted by Crippen LogP contribution is -2.43. The maximum Gasteiger partial charge on any atom is 0.129 e. The summed E-state index contributed by atoms with van der Waals surface area (Å²) in [6.45, 7) is 5.97. The first-order valence-corrected chi connectivity index (χ1v) is 7.86. The van der Waals surface area contributed by atoms with Crippen molar-refractivity contribution in [3.05, 3.63) is 34.6 Å².